The maximum absolute atomic E-state index is 2.45. The summed E-state index contributed by atoms with van der Waals surface area (Å²) in [5.74, 6) is 0. The van der Waals surface area contributed by atoms with Crippen molar-refractivity contribution in [3.8, 4) is 43.1 Å². The third-order valence-electron chi connectivity index (χ3n) is 13.9. The van der Waals surface area contributed by atoms with E-state index >= 15 is 0 Å². The van der Waals surface area contributed by atoms with Crippen molar-refractivity contribution in [1.29, 1.82) is 0 Å². The Kier molecular flexibility index (Phi) is 6.59. The van der Waals surface area contributed by atoms with Gasteiger partial charge in [0.15, 0.2) is 0 Å². The van der Waals surface area contributed by atoms with E-state index in [9.17, 15) is 0 Å². The molecule has 3 heteroatoms. The maximum Gasteiger partial charge on any atom is 0.0620 e. The molecule has 2 nitrogen and oxygen atoms in total. The minimum atomic E-state index is 1.24. The van der Waals surface area contributed by atoms with Crippen LogP contribution in [0.4, 0.5) is 0 Å². The molecule has 0 radical (unpaired) electrons. The number of aromatic nitrogens is 2. The first-order valence-electron chi connectivity index (χ1n) is 21.7. The van der Waals surface area contributed by atoms with Gasteiger partial charge in [0, 0.05) is 52.8 Å². The topological polar surface area (TPSA) is 8.82 Å². The van der Waals surface area contributed by atoms with Gasteiger partial charge in [-0.1, -0.05) is 121 Å². The van der Waals surface area contributed by atoms with Gasteiger partial charge in [0.25, 0.3) is 0 Å². The number of hydrogen-bond donors (Lipinski definition) is 0. The molecule has 0 amide bonds. The average Bonchev–Trinajstić information content (AvgIpc) is 4.17. The van der Waals surface area contributed by atoms with Crippen molar-refractivity contribution in [3.63, 3.8) is 0 Å². The highest BCUT2D eigenvalue weighted by molar-refractivity contribution is 7.18. The molecule has 15 aromatic rings. The van der Waals surface area contributed by atoms with Gasteiger partial charge >= 0.3 is 0 Å². The summed E-state index contributed by atoms with van der Waals surface area (Å²) < 4.78 is 4.89. The summed E-state index contributed by atoms with van der Waals surface area (Å²) in [4.78, 5) is 2.56. The fourth-order valence-corrected chi connectivity index (χ4v) is 12.0. The first kappa shape index (κ1) is 33.7. The van der Waals surface area contributed by atoms with Gasteiger partial charge in [-0.25, -0.2) is 0 Å². The van der Waals surface area contributed by atoms with Crippen LogP contribution in [0.2, 0.25) is 0 Å². The molecule has 0 saturated heterocycles. The van der Waals surface area contributed by atoms with Crippen LogP contribution in [0.5, 0.6) is 0 Å². The van der Waals surface area contributed by atoms with E-state index in [1.165, 1.54) is 141 Å². The van der Waals surface area contributed by atoms with E-state index < -0.39 is 0 Å². The van der Waals surface area contributed by atoms with Crippen LogP contribution in [0.15, 0.2) is 206 Å². The molecule has 0 aliphatic carbocycles. The summed E-state index contributed by atoms with van der Waals surface area (Å²) in [5, 5.41) is 15.5. The number of nitrogens with zero attached hydrogens (tertiary/aromatic N) is 2. The molecule has 0 fully saturated rings. The lowest BCUT2D eigenvalue weighted by Gasteiger charge is -2.08. The first-order chi connectivity index (χ1) is 31.2. The molecule has 15 rings (SSSR count). The molecule has 0 aliphatic rings. The van der Waals surface area contributed by atoms with Crippen molar-refractivity contribution in [1.82, 2.24) is 8.80 Å². The molecule has 63 heavy (non-hydrogen) atoms. The quantitative estimate of drug-likeness (QED) is 0.167. The summed E-state index contributed by atoms with van der Waals surface area (Å²) in [6, 6.07) is 77.2. The number of hydrogen-bond acceptors (Lipinski definition) is 1. The number of fused-ring (bicyclic) bond motifs is 14. The van der Waals surface area contributed by atoms with Gasteiger partial charge in [0.2, 0.25) is 0 Å². The SMILES string of the molecule is c1ccc2c(c1)c1cc(-c3ccc4cc(-c5ccc(-c6ccc7cc(-c8cc9c%10ccccc%10n%10c%11ccccc%11c(c8)c9%10)ccc7c6)s5)ccc4c3)cc3c4ccccc4n2c13. The van der Waals surface area contributed by atoms with Gasteiger partial charge in [-0.15, -0.1) is 11.3 Å². The van der Waals surface area contributed by atoms with E-state index in [1.54, 1.807) is 0 Å². The van der Waals surface area contributed by atoms with Gasteiger partial charge in [-0.05, 0) is 140 Å². The molecule has 0 N–H and O–H groups in total. The maximum atomic E-state index is 2.45. The number of para-hydroxylation sites is 4. The number of benzene rings is 10. The second-order valence-electron chi connectivity index (χ2n) is 17.3. The van der Waals surface area contributed by atoms with Crippen LogP contribution in [-0.4, -0.2) is 8.80 Å². The standard InChI is InChI=1S/C60H34N2S/c1-5-13-53-45(9-1)49-31-43(32-50-46-10-2-6-14-54(46)61(53)59(49)50)39-19-17-37-29-41(23-21-35(37)27-39)57-25-26-58(63-57)42-24-22-36-28-40(20-18-38(36)30-42)44-33-51-47-11-3-7-15-55(47)62-56-16-8-4-12-48(56)52(34-44)60(51)62/h1-34H. The van der Waals surface area contributed by atoms with Crippen molar-refractivity contribution >= 4 is 109 Å². The van der Waals surface area contributed by atoms with Crippen LogP contribution in [-0.2, 0) is 0 Å². The monoisotopic (exact) mass is 814 g/mol. The second kappa shape index (κ2) is 12.3. The van der Waals surface area contributed by atoms with E-state index in [4.69, 9.17) is 0 Å². The lowest BCUT2D eigenvalue weighted by atomic mass is 9.96. The Balaban J connectivity index is 0.757. The van der Waals surface area contributed by atoms with Gasteiger partial charge in [0.05, 0.1) is 33.1 Å². The fraction of sp³-hybridized carbons (Fsp3) is 0. The van der Waals surface area contributed by atoms with Gasteiger partial charge in [-0.3, -0.25) is 0 Å². The Morgan fingerprint density at radius 1 is 0.238 bits per heavy atom. The highest BCUT2D eigenvalue weighted by atomic mass is 32.1. The summed E-state index contributed by atoms with van der Waals surface area (Å²) in [6.45, 7) is 0. The zero-order chi connectivity index (χ0) is 40.9. The molecule has 0 unspecified atom stereocenters. The van der Waals surface area contributed by atoms with Crippen LogP contribution >= 0.6 is 11.3 Å². The first-order valence-corrected chi connectivity index (χ1v) is 22.5. The molecule has 0 bridgehead atoms. The zero-order valence-electron chi connectivity index (χ0n) is 33.9. The lowest BCUT2D eigenvalue weighted by Crippen LogP contribution is -1.82. The van der Waals surface area contributed by atoms with Crippen molar-refractivity contribution in [2.45, 2.75) is 0 Å². The van der Waals surface area contributed by atoms with E-state index in [2.05, 4.69) is 215 Å². The lowest BCUT2D eigenvalue weighted by molar-refractivity contribution is 1.37. The van der Waals surface area contributed by atoms with E-state index in [-0.39, 0.29) is 0 Å². The highest BCUT2D eigenvalue weighted by Crippen LogP contribution is 2.45. The van der Waals surface area contributed by atoms with E-state index in [0.29, 0.717) is 0 Å². The van der Waals surface area contributed by atoms with Crippen LogP contribution in [0.1, 0.15) is 0 Å². The third-order valence-corrected chi connectivity index (χ3v) is 15.1. The summed E-state index contributed by atoms with van der Waals surface area (Å²) in [6.07, 6.45) is 0. The number of rotatable bonds is 4. The predicted molar refractivity (Wildman–Crippen MR) is 270 cm³/mol. The normalized spacial score (nSPS) is 12.4. The molecule has 0 aliphatic heterocycles. The van der Waals surface area contributed by atoms with E-state index in [0.717, 1.165) is 0 Å². The Labute approximate surface area is 365 Å². The van der Waals surface area contributed by atoms with Crippen LogP contribution < -0.4 is 0 Å². The number of thiophene rings is 1. The molecule has 5 heterocycles. The minimum Gasteiger partial charge on any atom is -0.308 e. The predicted octanol–water partition coefficient (Wildman–Crippen LogP) is 17.0. The van der Waals surface area contributed by atoms with Crippen molar-refractivity contribution in [3.05, 3.63) is 206 Å². The van der Waals surface area contributed by atoms with Crippen LogP contribution in [0, 0.1) is 0 Å². The smallest absolute Gasteiger partial charge is 0.0620 e. The molecule has 5 aromatic heterocycles. The zero-order valence-corrected chi connectivity index (χ0v) is 34.7. The highest BCUT2D eigenvalue weighted by Gasteiger charge is 2.20. The third kappa shape index (κ3) is 4.66. The average molecular weight is 815 g/mol. The Morgan fingerprint density at radius 2 is 0.540 bits per heavy atom. The fourth-order valence-electron chi connectivity index (χ4n) is 11.0. The molecular weight excluding hydrogens is 781 g/mol. The summed E-state index contributed by atoms with van der Waals surface area (Å²) in [7, 11) is 0. The van der Waals surface area contributed by atoms with Gasteiger partial charge in [-0.2, -0.15) is 0 Å². The van der Waals surface area contributed by atoms with Gasteiger partial charge in [0.1, 0.15) is 0 Å². The molecule has 10 aromatic carbocycles. The molecule has 290 valence electrons. The Morgan fingerprint density at radius 3 is 0.889 bits per heavy atom. The van der Waals surface area contributed by atoms with Crippen molar-refractivity contribution in [2.75, 3.05) is 0 Å². The van der Waals surface area contributed by atoms with Crippen molar-refractivity contribution < 1.29 is 0 Å². The largest absolute Gasteiger partial charge is 0.308 e. The molecule has 0 atom stereocenters. The molecular formula is C60H34N2S. The second-order valence-corrected chi connectivity index (χ2v) is 18.4. The van der Waals surface area contributed by atoms with Crippen LogP contribution in [0.25, 0.3) is 141 Å². The molecule has 0 spiro atoms. The van der Waals surface area contributed by atoms with Crippen LogP contribution in [0.3, 0.4) is 0 Å². The Hall–Kier alpha value is -7.98. The Bertz CT molecular complexity index is 3940. The van der Waals surface area contributed by atoms with Crippen molar-refractivity contribution in [2.24, 2.45) is 0 Å². The summed E-state index contributed by atoms with van der Waals surface area (Å²) in [5.41, 5.74) is 15.2. The van der Waals surface area contributed by atoms with Gasteiger partial charge < -0.3 is 8.80 Å². The molecule has 0 saturated carbocycles. The van der Waals surface area contributed by atoms with E-state index in [1.807, 2.05) is 11.3 Å². The minimum absolute atomic E-state index is 1.24. The summed E-state index contributed by atoms with van der Waals surface area (Å²) >= 11 is 1.86.